The number of alkyl halides is 1. The van der Waals surface area contributed by atoms with Gasteiger partial charge in [0.05, 0.1) is 23.6 Å². The second-order valence-electron chi connectivity index (χ2n) is 8.31. The zero-order valence-corrected chi connectivity index (χ0v) is 17.4. The van der Waals surface area contributed by atoms with Crippen molar-refractivity contribution in [3.05, 3.63) is 52.4 Å². The summed E-state index contributed by atoms with van der Waals surface area (Å²) in [6.45, 7) is 9.73. The maximum absolute atomic E-state index is 13.4. The number of unbranched alkanes of at least 4 members (excludes halogenated alkanes) is 1. The number of nitrogens with zero attached hydrogens (tertiary/aromatic N) is 1. The fourth-order valence-electron chi connectivity index (χ4n) is 3.41. The molecule has 0 spiro atoms. The summed E-state index contributed by atoms with van der Waals surface area (Å²) in [5.74, 6) is 0.998. The highest BCUT2D eigenvalue weighted by Crippen LogP contribution is 2.33. The summed E-state index contributed by atoms with van der Waals surface area (Å²) in [6, 6.07) is 12.1. The van der Waals surface area contributed by atoms with Crippen LogP contribution in [0, 0.1) is 5.41 Å². The molecule has 0 N–H and O–H groups in total. The van der Waals surface area contributed by atoms with Crippen molar-refractivity contribution >= 4 is 33.1 Å². The van der Waals surface area contributed by atoms with Gasteiger partial charge in [-0.15, -0.1) is 11.6 Å². The second-order valence-corrected chi connectivity index (χ2v) is 8.58. The Balaban J connectivity index is 2.35. The number of hydrogen-bond donors (Lipinski definition) is 0. The first-order valence-corrected chi connectivity index (χ1v) is 10.2. The zero-order chi connectivity index (χ0) is 19.6. The van der Waals surface area contributed by atoms with Gasteiger partial charge in [-0.1, -0.05) is 58.4 Å². The molecule has 4 heteroatoms. The number of ether oxygens (including phenoxy) is 1. The van der Waals surface area contributed by atoms with Gasteiger partial charge in [0.25, 0.3) is 5.56 Å². The fourth-order valence-corrected chi connectivity index (χ4v) is 3.67. The standard InChI is InChI=1S/C23H28ClNO2/c1-5-6-11-27-21-18-12-16-9-7-8-10-17(16)13-19(18)22(26)25(20(21)14-24)15-23(2,3)4/h7-10,12-13H,5-6,11,14-15H2,1-4H3. The summed E-state index contributed by atoms with van der Waals surface area (Å²) < 4.78 is 8.01. The van der Waals surface area contributed by atoms with Crippen molar-refractivity contribution in [2.24, 2.45) is 5.41 Å². The first-order chi connectivity index (χ1) is 12.9. The minimum absolute atomic E-state index is 0.00386. The predicted octanol–water partition coefficient (Wildman–Crippen LogP) is 6.12. The van der Waals surface area contributed by atoms with Gasteiger partial charge in [-0.25, -0.2) is 0 Å². The molecule has 0 radical (unpaired) electrons. The third-order valence-electron chi connectivity index (χ3n) is 4.70. The molecule has 3 rings (SSSR count). The highest BCUT2D eigenvalue weighted by molar-refractivity contribution is 6.17. The van der Waals surface area contributed by atoms with Crippen LogP contribution in [0.25, 0.3) is 21.5 Å². The van der Waals surface area contributed by atoms with E-state index in [0.717, 1.165) is 40.4 Å². The maximum atomic E-state index is 13.4. The Morgan fingerprint density at radius 1 is 1.07 bits per heavy atom. The first-order valence-electron chi connectivity index (χ1n) is 9.62. The van der Waals surface area contributed by atoms with Gasteiger partial charge in [0, 0.05) is 11.9 Å². The number of rotatable bonds is 6. The summed E-state index contributed by atoms with van der Waals surface area (Å²) in [5.41, 5.74) is 0.732. The Labute approximate surface area is 165 Å². The van der Waals surface area contributed by atoms with Crippen molar-refractivity contribution in [3.8, 4) is 5.75 Å². The minimum Gasteiger partial charge on any atom is -0.491 e. The van der Waals surface area contributed by atoms with Gasteiger partial charge >= 0.3 is 0 Å². The molecule has 0 bridgehead atoms. The average Bonchev–Trinajstić information content (AvgIpc) is 2.63. The van der Waals surface area contributed by atoms with Crippen LogP contribution < -0.4 is 10.3 Å². The minimum atomic E-state index is -0.0458. The van der Waals surface area contributed by atoms with Crippen molar-refractivity contribution < 1.29 is 4.74 Å². The van der Waals surface area contributed by atoms with Crippen LogP contribution in [0.2, 0.25) is 0 Å². The quantitative estimate of drug-likeness (QED) is 0.291. The van der Waals surface area contributed by atoms with Gasteiger partial charge in [0.2, 0.25) is 0 Å². The van der Waals surface area contributed by atoms with Crippen LogP contribution in [0.3, 0.4) is 0 Å². The van der Waals surface area contributed by atoms with Gasteiger partial charge in [-0.2, -0.15) is 0 Å². The maximum Gasteiger partial charge on any atom is 0.258 e. The molecule has 0 saturated carbocycles. The molecule has 3 nitrogen and oxygen atoms in total. The van der Waals surface area contributed by atoms with Crippen LogP contribution in [0.1, 0.15) is 46.2 Å². The third-order valence-corrected chi connectivity index (χ3v) is 4.95. The van der Waals surface area contributed by atoms with Gasteiger partial charge in [0.1, 0.15) is 5.75 Å². The Kier molecular flexibility index (Phi) is 5.81. The summed E-state index contributed by atoms with van der Waals surface area (Å²) in [7, 11) is 0. The molecule has 2 aromatic carbocycles. The molecule has 0 atom stereocenters. The molecular weight excluding hydrogens is 358 g/mol. The van der Waals surface area contributed by atoms with E-state index in [9.17, 15) is 4.79 Å². The van der Waals surface area contributed by atoms with Crippen LogP contribution >= 0.6 is 11.6 Å². The molecule has 0 aliphatic rings. The number of halogens is 1. The van der Waals surface area contributed by atoms with Crippen LogP contribution in [0.15, 0.2) is 41.2 Å². The molecule has 3 aromatic rings. The van der Waals surface area contributed by atoms with E-state index in [4.69, 9.17) is 16.3 Å². The van der Waals surface area contributed by atoms with E-state index in [-0.39, 0.29) is 16.9 Å². The summed E-state index contributed by atoms with van der Waals surface area (Å²) in [6.07, 6.45) is 2.02. The van der Waals surface area contributed by atoms with Gasteiger partial charge in [0.15, 0.2) is 0 Å². The van der Waals surface area contributed by atoms with Gasteiger partial charge in [-0.3, -0.25) is 4.79 Å². The van der Waals surface area contributed by atoms with Crippen molar-refractivity contribution in [3.63, 3.8) is 0 Å². The SMILES string of the molecule is CCCCOc1c(CCl)n(CC(C)(C)C)c(=O)c2cc3ccccc3cc12. The molecule has 0 saturated heterocycles. The van der Waals surface area contributed by atoms with E-state index in [2.05, 4.69) is 39.8 Å². The average molecular weight is 386 g/mol. The van der Waals surface area contributed by atoms with E-state index >= 15 is 0 Å². The monoisotopic (exact) mass is 385 g/mol. The van der Waals surface area contributed by atoms with Gasteiger partial charge in [-0.05, 0) is 34.7 Å². The molecule has 0 amide bonds. The number of benzene rings is 2. The first kappa shape index (κ1) is 19.8. The van der Waals surface area contributed by atoms with Crippen LogP contribution in [0.5, 0.6) is 5.75 Å². The lowest BCUT2D eigenvalue weighted by atomic mass is 9.96. The smallest absolute Gasteiger partial charge is 0.258 e. The summed E-state index contributed by atoms with van der Waals surface area (Å²) in [4.78, 5) is 13.4. The normalized spacial score (nSPS) is 12.0. The summed E-state index contributed by atoms with van der Waals surface area (Å²) >= 11 is 6.33. The Hall–Kier alpha value is -2.00. The Morgan fingerprint density at radius 2 is 1.70 bits per heavy atom. The molecule has 1 aromatic heterocycles. The van der Waals surface area contributed by atoms with Crippen LogP contribution in [-0.2, 0) is 12.4 Å². The molecule has 0 aliphatic carbocycles. The number of aromatic nitrogens is 1. The topological polar surface area (TPSA) is 31.2 Å². The molecule has 27 heavy (non-hydrogen) atoms. The molecule has 0 fully saturated rings. The van der Waals surface area contributed by atoms with Crippen molar-refractivity contribution in [1.82, 2.24) is 4.57 Å². The lowest BCUT2D eigenvalue weighted by molar-refractivity contribution is 0.297. The predicted molar refractivity (Wildman–Crippen MR) is 115 cm³/mol. The lowest BCUT2D eigenvalue weighted by Crippen LogP contribution is -2.30. The van der Waals surface area contributed by atoms with Crippen LogP contribution in [-0.4, -0.2) is 11.2 Å². The number of hydrogen-bond acceptors (Lipinski definition) is 2. The molecular formula is C23H28ClNO2. The third kappa shape index (κ3) is 4.14. The molecule has 0 aliphatic heterocycles. The zero-order valence-electron chi connectivity index (χ0n) is 16.6. The van der Waals surface area contributed by atoms with Crippen LogP contribution in [0.4, 0.5) is 0 Å². The molecule has 1 heterocycles. The van der Waals surface area contributed by atoms with Crippen molar-refractivity contribution in [2.75, 3.05) is 6.61 Å². The summed E-state index contributed by atoms with van der Waals surface area (Å²) in [5, 5.41) is 3.70. The van der Waals surface area contributed by atoms with E-state index in [0.29, 0.717) is 18.5 Å². The fraction of sp³-hybridized carbons (Fsp3) is 0.435. The highest BCUT2D eigenvalue weighted by Gasteiger charge is 2.21. The Bertz CT molecular complexity index is 1010. The van der Waals surface area contributed by atoms with E-state index in [1.165, 1.54) is 0 Å². The van der Waals surface area contributed by atoms with E-state index in [1.807, 2.05) is 28.8 Å². The van der Waals surface area contributed by atoms with Gasteiger partial charge < -0.3 is 9.30 Å². The van der Waals surface area contributed by atoms with E-state index < -0.39 is 0 Å². The largest absolute Gasteiger partial charge is 0.491 e. The highest BCUT2D eigenvalue weighted by atomic mass is 35.5. The number of fused-ring (bicyclic) bond motifs is 2. The number of pyridine rings is 1. The van der Waals surface area contributed by atoms with E-state index in [1.54, 1.807) is 0 Å². The Morgan fingerprint density at radius 3 is 2.26 bits per heavy atom. The molecule has 0 unspecified atom stereocenters. The van der Waals surface area contributed by atoms with Crippen molar-refractivity contribution in [1.29, 1.82) is 0 Å². The van der Waals surface area contributed by atoms with Crippen molar-refractivity contribution in [2.45, 2.75) is 53.0 Å². The lowest BCUT2D eigenvalue weighted by Gasteiger charge is -2.25. The molecule has 144 valence electrons. The second kappa shape index (κ2) is 7.93.